The zero-order chi connectivity index (χ0) is 18.0. The van der Waals surface area contributed by atoms with E-state index in [0.29, 0.717) is 25.7 Å². The van der Waals surface area contributed by atoms with E-state index in [-0.39, 0.29) is 35.1 Å². The largest absolute Gasteiger partial charge is 0.478 e. The number of aliphatic carboxylic acids is 4. The Morgan fingerprint density at radius 3 is 1.21 bits per heavy atom. The molecule has 0 bridgehead atoms. The molecule has 8 nitrogen and oxygen atoms in total. The Kier molecular flexibility index (Phi) is 5.06. The maximum Gasteiger partial charge on any atom is 0.332 e. The average Bonchev–Trinajstić information content (AvgIpc) is 2.52. The molecule has 2 aliphatic carbocycles. The van der Waals surface area contributed by atoms with Crippen molar-refractivity contribution in [2.45, 2.75) is 38.5 Å². The molecule has 0 fully saturated rings. The molecule has 130 valence electrons. The van der Waals surface area contributed by atoms with Gasteiger partial charge in [-0.05, 0) is 50.4 Å². The molecule has 2 atom stereocenters. The molecule has 8 heteroatoms. The summed E-state index contributed by atoms with van der Waals surface area (Å²) in [6, 6.07) is 0. The third kappa shape index (κ3) is 3.17. The van der Waals surface area contributed by atoms with Crippen molar-refractivity contribution in [1.82, 2.24) is 0 Å². The lowest BCUT2D eigenvalue weighted by molar-refractivity contribution is -0.138. The predicted octanol–water partition coefficient (Wildman–Crippen LogP) is 1.52. The minimum absolute atomic E-state index is 0.109. The highest BCUT2D eigenvalue weighted by Gasteiger charge is 2.42. The zero-order valence-corrected chi connectivity index (χ0v) is 12.8. The van der Waals surface area contributed by atoms with Crippen LogP contribution >= 0.6 is 0 Å². The highest BCUT2D eigenvalue weighted by atomic mass is 16.4. The molecule has 0 saturated carbocycles. The topological polar surface area (TPSA) is 149 Å². The molecule has 0 spiro atoms. The molecule has 2 rings (SSSR count). The number of hydrogen-bond acceptors (Lipinski definition) is 4. The Balaban J connectivity index is 2.59. The van der Waals surface area contributed by atoms with Crippen molar-refractivity contribution in [3.05, 3.63) is 22.3 Å². The van der Waals surface area contributed by atoms with Crippen molar-refractivity contribution >= 4 is 23.9 Å². The number of carboxylic acids is 4. The molecule has 0 aromatic carbocycles. The van der Waals surface area contributed by atoms with E-state index in [9.17, 15) is 39.6 Å². The van der Waals surface area contributed by atoms with E-state index >= 15 is 0 Å². The Hall–Kier alpha value is -2.64. The molecule has 4 N–H and O–H groups in total. The molecule has 24 heavy (non-hydrogen) atoms. The van der Waals surface area contributed by atoms with Gasteiger partial charge in [0, 0.05) is 11.1 Å². The summed E-state index contributed by atoms with van der Waals surface area (Å²) in [6.45, 7) is 0. The summed E-state index contributed by atoms with van der Waals surface area (Å²) in [5.74, 6) is -7.03. The van der Waals surface area contributed by atoms with Crippen LogP contribution < -0.4 is 0 Å². The fraction of sp³-hybridized carbons (Fsp3) is 0.500. The van der Waals surface area contributed by atoms with E-state index in [1.54, 1.807) is 0 Å². The SMILES string of the molecule is O=C(O)C1=C(C(=O)O)C(C2CCCC(C(=O)O)=C2C(=O)O)CCC1. The number of hydrogen-bond donors (Lipinski definition) is 4. The number of carboxylic acid groups (broad SMARTS) is 4. The van der Waals surface area contributed by atoms with Crippen LogP contribution in [0.25, 0.3) is 0 Å². The lowest BCUT2D eigenvalue weighted by Gasteiger charge is -2.35. The fourth-order valence-electron chi connectivity index (χ4n) is 3.83. The van der Waals surface area contributed by atoms with Gasteiger partial charge in [-0.1, -0.05) is 0 Å². The van der Waals surface area contributed by atoms with Crippen LogP contribution in [0.1, 0.15) is 38.5 Å². The minimum Gasteiger partial charge on any atom is -0.478 e. The van der Waals surface area contributed by atoms with Gasteiger partial charge in [0.05, 0.1) is 11.1 Å². The van der Waals surface area contributed by atoms with Gasteiger partial charge in [-0.15, -0.1) is 0 Å². The Bertz CT molecular complexity index is 612. The third-order valence-electron chi connectivity index (χ3n) is 4.74. The van der Waals surface area contributed by atoms with E-state index in [0.717, 1.165) is 0 Å². The molecule has 2 aliphatic rings. The zero-order valence-electron chi connectivity index (χ0n) is 12.8. The summed E-state index contributed by atoms with van der Waals surface area (Å²) < 4.78 is 0. The second kappa shape index (κ2) is 6.86. The summed E-state index contributed by atoms with van der Waals surface area (Å²) >= 11 is 0. The van der Waals surface area contributed by atoms with Crippen molar-refractivity contribution < 1.29 is 39.6 Å². The summed E-state index contributed by atoms with van der Waals surface area (Å²) in [5, 5.41) is 37.4. The molecule has 0 aromatic heterocycles. The third-order valence-corrected chi connectivity index (χ3v) is 4.74. The van der Waals surface area contributed by atoms with Gasteiger partial charge in [-0.25, -0.2) is 19.2 Å². The summed E-state index contributed by atoms with van der Waals surface area (Å²) in [7, 11) is 0. The molecule has 0 saturated heterocycles. The van der Waals surface area contributed by atoms with Gasteiger partial charge in [0.15, 0.2) is 0 Å². The van der Waals surface area contributed by atoms with Crippen molar-refractivity contribution in [2.75, 3.05) is 0 Å². The highest BCUT2D eigenvalue weighted by molar-refractivity contribution is 6.01. The first-order valence-electron chi connectivity index (χ1n) is 7.65. The fourth-order valence-corrected chi connectivity index (χ4v) is 3.83. The van der Waals surface area contributed by atoms with Gasteiger partial charge in [-0.2, -0.15) is 0 Å². The van der Waals surface area contributed by atoms with Crippen LogP contribution in [-0.4, -0.2) is 44.3 Å². The molecular weight excluding hydrogens is 320 g/mol. The van der Waals surface area contributed by atoms with Crippen molar-refractivity contribution in [2.24, 2.45) is 11.8 Å². The maximum absolute atomic E-state index is 11.6. The molecule has 0 aliphatic heterocycles. The van der Waals surface area contributed by atoms with Gasteiger partial charge in [0.1, 0.15) is 0 Å². The molecule has 0 amide bonds. The maximum atomic E-state index is 11.6. The first kappa shape index (κ1) is 17.7. The van der Waals surface area contributed by atoms with Crippen LogP contribution in [0.5, 0.6) is 0 Å². The van der Waals surface area contributed by atoms with Gasteiger partial charge < -0.3 is 20.4 Å². The highest BCUT2D eigenvalue weighted by Crippen LogP contribution is 2.44. The van der Waals surface area contributed by atoms with Crippen LogP contribution in [0.15, 0.2) is 22.3 Å². The lowest BCUT2D eigenvalue weighted by atomic mass is 9.68. The quantitative estimate of drug-likeness (QED) is 0.589. The Morgan fingerprint density at radius 2 is 0.958 bits per heavy atom. The summed E-state index contributed by atoms with van der Waals surface area (Å²) in [5.41, 5.74) is -1.01. The van der Waals surface area contributed by atoms with Gasteiger partial charge >= 0.3 is 23.9 Å². The van der Waals surface area contributed by atoms with E-state index in [1.165, 1.54) is 0 Å². The number of carbonyl (C=O) groups is 4. The van der Waals surface area contributed by atoms with E-state index in [2.05, 4.69) is 0 Å². The Labute approximate surface area is 137 Å². The van der Waals surface area contributed by atoms with Crippen molar-refractivity contribution in [3.63, 3.8) is 0 Å². The van der Waals surface area contributed by atoms with E-state index in [1.807, 2.05) is 0 Å². The van der Waals surface area contributed by atoms with Gasteiger partial charge in [0.2, 0.25) is 0 Å². The lowest BCUT2D eigenvalue weighted by Crippen LogP contribution is -2.33. The predicted molar refractivity (Wildman–Crippen MR) is 79.3 cm³/mol. The molecule has 0 heterocycles. The van der Waals surface area contributed by atoms with E-state index < -0.39 is 35.7 Å². The first-order valence-corrected chi connectivity index (χ1v) is 7.65. The molecule has 2 unspecified atom stereocenters. The number of rotatable bonds is 5. The minimum atomic E-state index is -1.38. The monoisotopic (exact) mass is 338 g/mol. The van der Waals surface area contributed by atoms with Crippen LogP contribution in [0.4, 0.5) is 0 Å². The van der Waals surface area contributed by atoms with Crippen molar-refractivity contribution in [3.8, 4) is 0 Å². The molecule has 0 aromatic rings. The Morgan fingerprint density at radius 1 is 0.625 bits per heavy atom. The van der Waals surface area contributed by atoms with Gasteiger partial charge in [-0.3, -0.25) is 0 Å². The second-order valence-electron chi connectivity index (χ2n) is 6.00. The summed E-state index contributed by atoms with van der Waals surface area (Å²) in [6.07, 6.45) is 1.72. The van der Waals surface area contributed by atoms with Crippen LogP contribution in [0.3, 0.4) is 0 Å². The first-order chi connectivity index (χ1) is 11.3. The van der Waals surface area contributed by atoms with E-state index in [4.69, 9.17) is 0 Å². The average molecular weight is 338 g/mol. The van der Waals surface area contributed by atoms with Crippen LogP contribution in [0.2, 0.25) is 0 Å². The smallest absolute Gasteiger partial charge is 0.332 e. The van der Waals surface area contributed by atoms with Crippen LogP contribution in [0, 0.1) is 11.8 Å². The molecule has 0 radical (unpaired) electrons. The second-order valence-corrected chi connectivity index (χ2v) is 6.00. The van der Waals surface area contributed by atoms with Gasteiger partial charge in [0.25, 0.3) is 0 Å². The van der Waals surface area contributed by atoms with Crippen LogP contribution in [-0.2, 0) is 19.2 Å². The normalized spacial score (nSPS) is 24.7. The standard InChI is InChI=1S/C16H18O8/c17-13(18)9-5-1-3-7(11(9)15(21)22)8-4-2-6-10(14(19)20)12(8)16(23)24/h7-8H,1-6H2,(H,17,18)(H,19,20)(H,21,22)(H,23,24). The van der Waals surface area contributed by atoms with Crippen molar-refractivity contribution in [1.29, 1.82) is 0 Å². The summed E-state index contributed by atoms with van der Waals surface area (Å²) in [4.78, 5) is 45.9. The molecular formula is C16H18O8.